The summed E-state index contributed by atoms with van der Waals surface area (Å²) < 4.78 is 2.98. The van der Waals surface area contributed by atoms with Gasteiger partial charge < -0.3 is 20.6 Å². The van der Waals surface area contributed by atoms with Gasteiger partial charge in [0.1, 0.15) is 11.9 Å². The largest absolute Gasteiger partial charge is 0.476 e. The number of nitrogens with one attached hydrogen (secondary N) is 4. The number of piperidine rings is 1. The number of para-hydroxylation sites is 1. The van der Waals surface area contributed by atoms with Crippen molar-refractivity contribution in [3.8, 4) is 11.1 Å². The smallest absolute Gasteiger partial charge is 0.355 e. The van der Waals surface area contributed by atoms with Gasteiger partial charge in [-0.15, -0.1) is 0 Å². The van der Waals surface area contributed by atoms with Crippen LogP contribution in [0.15, 0.2) is 79.0 Å². The third kappa shape index (κ3) is 8.69. The number of carbonyl (C=O) groups is 7. The molecular formula is C56H56N10O8S. The van der Waals surface area contributed by atoms with E-state index in [0.717, 1.165) is 70.5 Å². The predicted octanol–water partition coefficient (Wildman–Crippen LogP) is 7.37. The number of thiazole rings is 1. The number of aromatic nitrogens is 4. The first-order valence-electron chi connectivity index (χ1n) is 25.9. The maximum Gasteiger partial charge on any atom is 0.355 e. The molecule has 7 aliphatic rings. The molecule has 5 N–H and O–H groups in total. The highest BCUT2D eigenvalue weighted by Gasteiger charge is 2.60. The maximum absolute atomic E-state index is 14.3. The first kappa shape index (κ1) is 48.2. The van der Waals surface area contributed by atoms with E-state index in [1.807, 2.05) is 71.1 Å². The third-order valence-electron chi connectivity index (χ3n) is 16.7. The molecule has 4 bridgehead atoms. The number of anilines is 3. The Morgan fingerprint density at radius 3 is 2.45 bits per heavy atom. The quantitative estimate of drug-likeness (QED) is 0.0500. The average Bonchev–Trinajstić information content (AvgIpc) is 4.07. The molecule has 1 saturated heterocycles. The number of hydrogen-bond acceptors (Lipinski definition) is 13. The number of carboxylic acid groups (broad SMARTS) is 1. The summed E-state index contributed by atoms with van der Waals surface area (Å²) in [4.78, 5) is 104. The molecule has 3 aromatic heterocycles. The topological polar surface area (TPSA) is 238 Å². The van der Waals surface area contributed by atoms with E-state index in [0.29, 0.717) is 97.1 Å². The highest BCUT2D eigenvalue weighted by atomic mass is 32.1. The second-order valence-electron chi connectivity index (χ2n) is 21.5. The molecule has 3 aromatic carbocycles. The molecule has 4 aliphatic carbocycles. The van der Waals surface area contributed by atoms with Crippen LogP contribution in [0, 0.1) is 29.6 Å². The highest BCUT2D eigenvalue weighted by Crippen LogP contribution is 2.66. The summed E-state index contributed by atoms with van der Waals surface area (Å²) in [5.74, 6) is -2.11. The predicted molar refractivity (Wildman–Crippen MR) is 279 cm³/mol. The van der Waals surface area contributed by atoms with E-state index >= 15 is 0 Å². The van der Waals surface area contributed by atoms with Crippen LogP contribution in [0.2, 0.25) is 0 Å². The molecule has 384 valence electrons. The number of unbranched alkanes of at least 4 members (excludes halogenated alkanes) is 1. The van der Waals surface area contributed by atoms with Gasteiger partial charge in [0.05, 0.1) is 33.0 Å². The van der Waals surface area contributed by atoms with Crippen molar-refractivity contribution in [2.75, 3.05) is 35.2 Å². The zero-order valence-electron chi connectivity index (χ0n) is 41.4. The minimum Gasteiger partial charge on any atom is -0.476 e. The van der Waals surface area contributed by atoms with Crippen LogP contribution >= 0.6 is 11.3 Å². The fourth-order valence-corrected chi connectivity index (χ4v) is 14.6. The first-order valence-corrected chi connectivity index (χ1v) is 26.7. The standard InChI is InChI=1S/C56H56N10O8S/c1-31-38(35-14-16-44(61-47(35)52(72)73)64-21-18-34-8-6-9-36(39(34)28-64)48(68)63-54-60-40-11-2-3-13-43(40)75-54)27-59-65(31)30-55-23-32-22-33(24-55)26-56(25-32,29-55)53(74)58-20-5-4-19-57-41-12-7-10-37-46(41)51(71)66(50(37)70)42-15-17-45(67)62-49(42)69/h2-3,6-14,16,27,32-33,42,57H,4-5,15,17-26,28-30H2,1H3,(H,58,74)(H,72,73)(H,60,63,68)(H,62,67,69)/t32?,33?,42?,55-,56-. The molecular weight excluding hydrogens is 973 g/mol. The van der Waals surface area contributed by atoms with E-state index in [9.17, 15) is 38.7 Å². The van der Waals surface area contributed by atoms with Crippen molar-refractivity contribution < 1.29 is 38.7 Å². The Kier molecular flexibility index (Phi) is 12.1. The van der Waals surface area contributed by atoms with Crippen molar-refractivity contribution in [3.63, 3.8) is 0 Å². The molecule has 6 aromatic rings. The van der Waals surface area contributed by atoms with Gasteiger partial charge in [0, 0.05) is 67.2 Å². The van der Waals surface area contributed by atoms with Crippen LogP contribution in [0.5, 0.6) is 0 Å². The minimum absolute atomic E-state index is 0.0484. The molecule has 75 heavy (non-hydrogen) atoms. The van der Waals surface area contributed by atoms with Crippen LogP contribution in [-0.4, -0.2) is 96.8 Å². The number of carboxylic acids is 1. The number of nitrogens with zero attached hydrogens (tertiary/aromatic N) is 6. The summed E-state index contributed by atoms with van der Waals surface area (Å²) >= 11 is 1.42. The Balaban J connectivity index is 0.681. The zero-order valence-corrected chi connectivity index (χ0v) is 42.3. The van der Waals surface area contributed by atoms with Crippen LogP contribution in [0.4, 0.5) is 16.6 Å². The van der Waals surface area contributed by atoms with E-state index in [1.54, 1.807) is 24.4 Å². The summed E-state index contributed by atoms with van der Waals surface area (Å²) in [6, 6.07) is 21.1. The lowest BCUT2D eigenvalue weighted by Gasteiger charge is -2.61. The lowest BCUT2D eigenvalue weighted by molar-refractivity contribution is -0.159. The molecule has 6 heterocycles. The number of rotatable bonds is 15. The second-order valence-corrected chi connectivity index (χ2v) is 22.6. The summed E-state index contributed by atoms with van der Waals surface area (Å²) in [6.45, 7) is 4.57. The number of fused-ring (bicyclic) bond motifs is 3. The Labute approximate surface area is 435 Å². The van der Waals surface area contributed by atoms with Gasteiger partial charge in [-0.05, 0) is 142 Å². The average molecular weight is 1030 g/mol. The zero-order chi connectivity index (χ0) is 51.8. The van der Waals surface area contributed by atoms with Crippen molar-refractivity contribution in [2.24, 2.45) is 22.7 Å². The normalized spacial score (nSPS) is 23.6. The fraction of sp³-hybridized carbons (Fsp3) is 0.393. The van der Waals surface area contributed by atoms with Crippen LogP contribution in [0.25, 0.3) is 21.3 Å². The number of hydrogen-bond donors (Lipinski definition) is 5. The third-order valence-corrected chi connectivity index (χ3v) is 17.6. The molecule has 4 saturated carbocycles. The number of pyridine rings is 1. The first-order chi connectivity index (χ1) is 36.2. The molecule has 0 radical (unpaired) electrons. The fourth-order valence-electron chi connectivity index (χ4n) is 13.7. The Bertz CT molecular complexity index is 3350. The Morgan fingerprint density at radius 2 is 1.65 bits per heavy atom. The van der Waals surface area contributed by atoms with Crippen molar-refractivity contribution in [3.05, 3.63) is 118 Å². The molecule has 5 fully saturated rings. The van der Waals surface area contributed by atoms with Crippen molar-refractivity contribution in [1.29, 1.82) is 0 Å². The van der Waals surface area contributed by atoms with Gasteiger partial charge in [-0.3, -0.25) is 49.0 Å². The molecule has 19 heteroatoms. The Hall–Kier alpha value is -7.80. The van der Waals surface area contributed by atoms with Gasteiger partial charge in [-0.2, -0.15) is 5.10 Å². The lowest BCUT2D eigenvalue weighted by atomic mass is 9.44. The summed E-state index contributed by atoms with van der Waals surface area (Å²) in [5.41, 5.74) is 5.58. The summed E-state index contributed by atoms with van der Waals surface area (Å²) in [7, 11) is 0. The van der Waals surface area contributed by atoms with Crippen molar-refractivity contribution in [1.82, 2.24) is 35.3 Å². The van der Waals surface area contributed by atoms with E-state index in [1.165, 1.54) is 11.3 Å². The highest BCUT2D eigenvalue weighted by molar-refractivity contribution is 7.22. The van der Waals surface area contributed by atoms with Gasteiger partial charge in [-0.1, -0.05) is 41.7 Å². The molecule has 6 amide bonds. The number of amides is 6. The van der Waals surface area contributed by atoms with Gasteiger partial charge in [-0.25, -0.2) is 14.8 Å². The lowest BCUT2D eigenvalue weighted by Crippen LogP contribution is -2.58. The number of imide groups is 2. The molecule has 3 atom stereocenters. The summed E-state index contributed by atoms with van der Waals surface area (Å²) in [5, 5.41) is 27.8. The monoisotopic (exact) mass is 1030 g/mol. The number of carbonyl (C=O) groups excluding carboxylic acids is 6. The van der Waals surface area contributed by atoms with Gasteiger partial charge in [0.2, 0.25) is 17.7 Å². The number of benzene rings is 3. The molecule has 18 nitrogen and oxygen atoms in total. The van der Waals surface area contributed by atoms with E-state index < -0.39 is 41.1 Å². The molecule has 3 unspecified atom stereocenters. The van der Waals surface area contributed by atoms with E-state index in [4.69, 9.17) is 10.1 Å². The van der Waals surface area contributed by atoms with Crippen LogP contribution in [-0.2, 0) is 33.9 Å². The van der Waals surface area contributed by atoms with Gasteiger partial charge in [0.25, 0.3) is 17.7 Å². The van der Waals surface area contributed by atoms with E-state index in [2.05, 4.69) is 26.3 Å². The maximum atomic E-state index is 14.3. The van der Waals surface area contributed by atoms with E-state index in [-0.39, 0.29) is 46.9 Å². The summed E-state index contributed by atoms with van der Waals surface area (Å²) in [6.07, 6.45) is 9.56. The Morgan fingerprint density at radius 1 is 0.853 bits per heavy atom. The van der Waals surface area contributed by atoms with Gasteiger partial charge in [0.15, 0.2) is 10.8 Å². The second kappa shape index (κ2) is 18.8. The molecule has 3 aliphatic heterocycles. The van der Waals surface area contributed by atoms with Crippen molar-refractivity contribution >= 4 is 79.6 Å². The van der Waals surface area contributed by atoms with Crippen LogP contribution in [0.3, 0.4) is 0 Å². The van der Waals surface area contributed by atoms with Gasteiger partial charge >= 0.3 is 5.97 Å². The minimum atomic E-state index is -1.15. The molecule has 13 rings (SSSR count). The molecule has 0 spiro atoms. The van der Waals surface area contributed by atoms with Crippen LogP contribution in [0.1, 0.15) is 123 Å². The van der Waals surface area contributed by atoms with Crippen molar-refractivity contribution in [2.45, 2.75) is 96.7 Å². The number of aromatic carboxylic acids is 1. The SMILES string of the molecule is Cc1c(-c2ccc(N3CCc4cccc(C(=O)Nc5nc6ccccc6s5)c4C3)nc2C(=O)O)cnn1C[C@]12CC3CC(C1)C[C@](C(=O)NCCCCNc1cccc4c1C(=O)N(C1CCC(=O)NC1=O)C4=O)(C3)C2. The van der Waals surface area contributed by atoms with Crippen LogP contribution < -0.4 is 26.2 Å².